The van der Waals surface area contributed by atoms with Gasteiger partial charge in [0.2, 0.25) is 5.75 Å². The van der Waals surface area contributed by atoms with Crippen molar-refractivity contribution in [2.75, 3.05) is 34.4 Å². The van der Waals surface area contributed by atoms with Gasteiger partial charge in [-0.05, 0) is 26.1 Å². The Bertz CT molecular complexity index is 671. The maximum atomic E-state index is 5.67. The number of likely N-dealkylation sites (N-methyl/N-ethyl adjacent to an activating group) is 1. The molecule has 0 aliphatic carbocycles. The number of aromatic nitrogens is 2. The Labute approximate surface area is 136 Å². The second-order valence-corrected chi connectivity index (χ2v) is 5.66. The summed E-state index contributed by atoms with van der Waals surface area (Å²) in [6.07, 6.45) is 0.990. The monoisotopic (exact) mass is 317 g/mol. The topological polar surface area (TPSA) is 59.6 Å². The lowest BCUT2D eigenvalue weighted by Gasteiger charge is -2.22. The summed E-state index contributed by atoms with van der Waals surface area (Å²) < 4.78 is 16.6. The highest BCUT2D eigenvalue weighted by molar-refractivity contribution is 5.71. The van der Waals surface area contributed by atoms with Crippen LogP contribution in [0.3, 0.4) is 0 Å². The van der Waals surface area contributed by atoms with Crippen LogP contribution in [0.5, 0.6) is 17.2 Å². The Morgan fingerprint density at radius 1 is 1.22 bits per heavy atom. The average Bonchev–Trinajstić information content (AvgIpc) is 2.98. The number of nitrogens with zero attached hydrogens (tertiary/aromatic N) is 2. The van der Waals surface area contributed by atoms with E-state index < -0.39 is 0 Å². The van der Waals surface area contributed by atoms with Gasteiger partial charge in [-0.15, -0.1) is 0 Å². The standard InChI is InChI=1S/C17H23N3O3/c1-5-23-17-14(21-3)8-11(9-15(17)22-4)16-12-10-20(2)7-6-13(12)18-19-16/h8-9H,5-7,10H2,1-4H3,(H,18,19). The van der Waals surface area contributed by atoms with Gasteiger partial charge < -0.3 is 19.1 Å². The van der Waals surface area contributed by atoms with Crippen molar-refractivity contribution in [2.45, 2.75) is 19.9 Å². The summed E-state index contributed by atoms with van der Waals surface area (Å²) in [5.74, 6) is 1.94. The molecule has 0 radical (unpaired) electrons. The number of fused-ring (bicyclic) bond motifs is 1. The lowest BCUT2D eigenvalue weighted by atomic mass is 10.0. The molecule has 23 heavy (non-hydrogen) atoms. The number of H-pyrrole nitrogens is 1. The summed E-state index contributed by atoms with van der Waals surface area (Å²) in [6.45, 7) is 4.42. The molecule has 3 rings (SSSR count). The largest absolute Gasteiger partial charge is 0.493 e. The molecular formula is C17H23N3O3. The Morgan fingerprint density at radius 2 is 1.91 bits per heavy atom. The molecule has 1 aromatic carbocycles. The Balaban J connectivity index is 2.09. The second kappa shape index (κ2) is 6.50. The fourth-order valence-corrected chi connectivity index (χ4v) is 2.97. The lowest BCUT2D eigenvalue weighted by molar-refractivity contribution is 0.288. The first kappa shape index (κ1) is 15.7. The summed E-state index contributed by atoms with van der Waals surface area (Å²) in [4.78, 5) is 2.30. The third kappa shape index (κ3) is 2.86. The molecule has 2 aromatic rings. The van der Waals surface area contributed by atoms with E-state index in [9.17, 15) is 0 Å². The molecule has 0 bridgehead atoms. The van der Waals surface area contributed by atoms with E-state index in [1.807, 2.05) is 19.1 Å². The fraction of sp³-hybridized carbons (Fsp3) is 0.471. The lowest BCUT2D eigenvalue weighted by Crippen LogP contribution is -2.26. The SMILES string of the molecule is CCOc1c(OC)cc(-c2n[nH]c3c2CN(C)CC3)cc1OC. The Hall–Kier alpha value is -2.21. The minimum absolute atomic E-state index is 0.550. The van der Waals surface area contributed by atoms with Crippen LogP contribution in [-0.2, 0) is 13.0 Å². The minimum Gasteiger partial charge on any atom is -0.493 e. The zero-order valence-electron chi connectivity index (χ0n) is 14.1. The molecule has 0 saturated carbocycles. The van der Waals surface area contributed by atoms with Crippen LogP contribution >= 0.6 is 0 Å². The van der Waals surface area contributed by atoms with E-state index in [0.717, 1.165) is 30.8 Å². The highest BCUT2D eigenvalue weighted by Gasteiger charge is 2.23. The van der Waals surface area contributed by atoms with Crippen LogP contribution in [0, 0.1) is 0 Å². The van der Waals surface area contributed by atoms with Gasteiger partial charge in [0, 0.05) is 36.3 Å². The predicted octanol–water partition coefficient (Wildman–Crippen LogP) is 2.48. The van der Waals surface area contributed by atoms with Gasteiger partial charge in [0.25, 0.3) is 0 Å². The highest BCUT2D eigenvalue weighted by atomic mass is 16.5. The molecule has 1 aliphatic heterocycles. The van der Waals surface area contributed by atoms with Crippen molar-refractivity contribution in [3.63, 3.8) is 0 Å². The predicted molar refractivity (Wildman–Crippen MR) is 88.3 cm³/mol. The molecule has 6 nitrogen and oxygen atoms in total. The zero-order valence-corrected chi connectivity index (χ0v) is 14.1. The smallest absolute Gasteiger partial charge is 0.203 e. The number of hydrogen-bond donors (Lipinski definition) is 1. The molecule has 0 fully saturated rings. The van der Waals surface area contributed by atoms with E-state index in [1.54, 1.807) is 14.2 Å². The van der Waals surface area contributed by atoms with E-state index >= 15 is 0 Å². The number of benzene rings is 1. The summed E-state index contributed by atoms with van der Waals surface area (Å²) >= 11 is 0. The van der Waals surface area contributed by atoms with E-state index in [-0.39, 0.29) is 0 Å². The van der Waals surface area contributed by atoms with E-state index in [1.165, 1.54) is 11.3 Å². The normalized spacial score (nSPS) is 14.4. The van der Waals surface area contributed by atoms with Crippen LogP contribution in [-0.4, -0.2) is 49.5 Å². The maximum Gasteiger partial charge on any atom is 0.203 e. The molecule has 1 aliphatic rings. The summed E-state index contributed by atoms with van der Waals surface area (Å²) in [5, 5.41) is 7.70. The molecule has 2 heterocycles. The number of rotatable bonds is 5. The van der Waals surface area contributed by atoms with Gasteiger partial charge in [0.1, 0.15) is 0 Å². The van der Waals surface area contributed by atoms with Gasteiger partial charge in [-0.3, -0.25) is 5.10 Å². The van der Waals surface area contributed by atoms with E-state index in [2.05, 4.69) is 22.1 Å². The van der Waals surface area contributed by atoms with Crippen molar-refractivity contribution in [2.24, 2.45) is 0 Å². The summed E-state index contributed by atoms with van der Waals surface area (Å²) in [5.41, 5.74) is 4.37. The van der Waals surface area contributed by atoms with Crippen LogP contribution in [0.4, 0.5) is 0 Å². The van der Waals surface area contributed by atoms with Crippen LogP contribution in [0.25, 0.3) is 11.3 Å². The number of ether oxygens (including phenoxy) is 3. The van der Waals surface area contributed by atoms with Crippen LogP contribution in [0.15, 0.2) is 12.1 Å². The molecule has 0 saturated heterocycles. The molecular weight excluding hydrogens is 294 g/mol. The molecule has 124 valence electrons. The first-order valence-corrected chi connectivity index (χ1v) is 7.81. The van der Waals surface area contributed by atoms with Gasteiger partial charge in [0.15, 0.2) is 11.5 Å². The van der Waals surface area contributed by atoms with Crippen molar-refractivity contribution < 1.29 is 14.2 Å². The molecule has 1 N–H and O–H groups in total. The zero-order chi connectivity index (χ0) is 16.4. The number of hydrogen-bond acceptors (Lipinski definition) is 5. The van der Waals surface area contributed by atoms with Crippen molar-refractivity contribution in [3.8, 4) is 28.5 Å². The summed E-state index contributed by atoms with van der Waals surface area (Å²) in [7, 11) is 5.39. The van der Waals surface area contributed by atoms with E-state index in [4.69, 9.17) is 14.2 Å². The van der Waals surface area contributed by atoms with Crippen molar-refractivity contribution in [1.82, 2.24) is 15.1 Å². The molecule has 6 heteroatoms. The van der Waals surface area contributed by atoms with Crippen molar-refractivity contribution in [3.05, 3.63) is 23.4 Å². The number of methoxy groups -OCH3 is 2. The number of nitrogens with one attached hydrogen (secondary N) is 1. The molecule has 0 amide bonds. The maximum absolute atomic E-state index is 5.67. The van der Waals surface area contributed by atoms with Crippen LogP contribution < -0.4 is 14.2 Å². The summed E-state index contributed by atoms with van der Waals surface area (Å²) in [6, 6.07) is 3.91. The van der Waals surface area contributed by atoms with Gasteiger partial charge >= 0.3 is 0 Å². The number of aromatic amines is 1. The van der Waals surface area contributed by atoms with Gasteiger partial charge in [-0.25, -0.2) is 0 Å². The highest BCUT2D eigenvalue weighted by Crippen LogP contribution is 2.42. The van der Waals surface area contributed by atoms with Gasteiger partial charge in [-0.2, -0.15) is 5.10 Å². The average molecular weight is 317 g/mol. The molecule has 0 unspecified atom stereocenters. The Kier molecular flexibility index (Phi) is 4.43. The molecule has 0 atom stereocenters. The van der Waals surface area contributed by atoms with Gasteiger partial charge in [0.05, 0.1) is 26.5 Å². The Morgan fingerprint density at radius 3 is 2.52 bits per heavy atom. The third-order valence-corrected chi connectivity index (χ3v) is 4.15. The first-order chi connectivity index (χ1) is 11.2. The van der Waals surface area contributed by atoms with Crippen LogP contribution in [0.1, 0.15) is 18.2 Å². The van der Waals surface area contributed by atoms with Crippen molar-refractivity contribution >= 4 is 0 Å². The quantitative estimate of drug-likeness (QED) is 0.918. The third-order valence-electron chi connectivity index (χ3n) is 4.15. The van der Waals surface area contributed by atoms with Gasteiger partial charge in [-0.1, -0.05) is 0 Å². The fourth-order valence-electron chi connectivity index (χ4n) is 2.97. The second-order valence-electron chi connectivity index (χ2n) is 5.66. The molecule has 1 aromatic heterocycles. The first-order valence-electron chi connectivity index (χ1n) is 7.81. The minimum atomic E-state index is 0.550. The van der Waals surface area contributed by atoms with Crippen LogP contribution in [0.2, 0.25) is 0 Å². The van der Waals surface area contributed by atoms with E-state index in [0.29, 0.717) is 23.9 Å². The van der Waals surface area contributed by atoms with Crippen molar-refractivity contribution in [1.29, 1.82) is 0 Å². The molecule has 0 spiro atoms.